The van der Waals surface area contributed by atoms with Crippen molar-refractivity contribution < 1.29 is 8.42 Å². The predicted molar refractivity (Wildman–Crippen MR) is 75.7 cm³/mol. The zero-order chi connectivity index (χ0) is 13.8. The van der Waals surface area contributed by atoms with Gasteiger partial charge in [0.2, 0.25) is 0 Å². The zero-order valence-corrected chi connectivity index (χ0v) is 13.5. The average molecular weight is 348 g/mol. The van der Waals surface area contributed by atoms with Crippen molar-refractivity contribution in [2.24, 2.45) is 7.05 Å². The molecule has 19 heavy (non-hydrogen) atoms. The first kappa shape index (κ1) is 13.6. The lowest BCUT2D eigenvalue weighted by atomic mass is 10.1. The van der Waals surface area contributed by atoms with Gasteiger partial charge in [-0.05, 0) is 32.6 Å². The number of rotatable bonds is 2. The molecule has 2 aliphatic heterocycles. The van der Waals surface area contributed by atoms with Crippen molar-refractivity contribution in [1.82, 2.24) is 13.9 Å². The molecular formula is C12H18BrN3O2S. The fourth-order valence-corrected chi connectivity index (χ4v) is 6.00. The SMILES string of the molecule is Cc1nc(S(=O)(=O)N2C3CCC2CC(Br)C3)cn1C. The summed E-state index contributed by atoms with van der Waals surface area (Å²) in [4.78, 5) is 4.64. The quantitative estimate of drug-likeness (QED) is 0.766. The van der Waals surface area contributed by atoms with Crippen molar-refractivity contribution in [2.75, 3.05) is 0 Å². The summed E-state index contributed by atoms with van der Waals surface area (Å²) in [5, 5.41) is 0.192. The van der Waals surface area contributed by atoms with Gasteiger partial charge in [-0.1, -0.05) is 15.9 Å². The van der Waals surface area contributed by atoms with E-state index in [4.69, 9.17) is 0 Å². The molecule has 0 spiro atoms. The number of aryl methyl sites for hydroxylation is 2. The number of hydrogen-bond acceptors (Lipinski definition) is 3. The van der Waals surface area contributed by atoms with E-state index >= 15 is 0 Å². The number of piperidine rings is 1. The highest BCUT2D eigenvalue weighted by atomic mass is 79.9. The third-order valence-corrected chi connectivity index (χ3v) is 6.86. The molecule has 3 heterocycles. The van der Waals surface area contributed by atoms with E-state index in [2.05, 4.69) is 20.9 Å². The third kappa shape index (κ3) is 2.15. The Hall–Kier alpha value is -0.400. The van der Waals surface area contributed by atoms with E-state index in [1.165, 1.54) is 0 Å². The van der Waals surface area contributed by atoms with E-state index in [9.17, 15) is 8.42 Å². The summed E-state index contributed by atoms with van der Waals surface area (Å²) in [5.74, 6) is 0.723. The number of alkyl halides is 1. The fourth-order valence-electron chi connectivity index (χ4n) is 3.22. The number of fused-ring (bicyclic) bond motifs is 2. The fraction of sp³-hybridized carbons (Fsp3) is 0.750. The predicted octanol–water partition coefficient (Wildman–Crippen LogP) is 1.81. The van der Waals surface area contributed by atoms with Crippen LogP contribution >= 0.6 is 15.9 Å². The van der Waals surface area contributed by atoms with E-state index < -0.39 is 10.0 Å². The molecule has 3 rings (SSSR count). The Morgan fingerprint density at radius 2 is 1.89 bits per heavy atom. The number of sulfonamides is 1. The van der Waals surface area contributed by atoms with Crippen LogP contribution in [0, 0.1) is 6.92 Å². The minimum Gasteiger partial charge on any atom is -0.337 e. The Kier molecular flexibility index (Phi) is 3.26. The summed E-state index contributed by atoms with van der Waals surface area (Å²) in [5.41, 5.74) is 0. The van der Waals surface area contributed by atoms with Crippen LogP contribution in [0.1, 0.15) is 31.5 Å². The molecule has 2 fully saturated rings. The van der Waals surface area contributed by atoms with Gasteiger partial charge in [0.25, 0.3) is 10.0 Å². The van der Waals surface area contributed by atoms with Gasteiger partial charge < -0.3 is 4.57 Å². The van der Waals surface area contributed by atoms with Gasteiger partial charge in [0.1, 0.15) is 5.82 Å². The molecule has 1 aromatic heterocycles. The molecule has 2 aliphatic rings. The van der Waals surface area contributed by atoms with Crippen LogP contribution in [0.2, 0.25) is 0 Å². The van der Waals surface area contributed by atoms with Gasteiger partial charge in [0.15, 0.2) is 5.03 Å². The smallest absolute Gasteiger partial charge is 0.262 e. The number of halogens is 1. The summed E-state index contributed by atoms with van der Waals surface area (Å²) < 4.78 is 29.0. The molecule has 0 aliphatic carbocycles. The zero-order valence-electron chi connectivity index (χ0n) is 11.1. The van der Waals surface area contributed by atoms with E-state index in [1.54, 1.807) is 15.1 Å². The van der Waals surface area contributed by atoms with Gasteiger partial charge in [-0.2, -0.15) is 4.31 Å². The number of hydrogen-bond donors (Lipinski definition) is 0. The highest BCUT2D eigenvalue weighted by molar-refractivity contribution is 9.09. The van der Waals surface area contributed by atoms with Crippen LogP contribution in [0.15, 0.2) is 11.2 Å². The van der Waals surface area contributed by atoms with Crippen molar-refractivity contribution in [1.29, 1.82) is 0 Å². The molecule has 7 heteroatoms. The molecule has 0 saturated carbocycles. The number of nitrogens with zero attached hydrogens (tertiary/aromatic N) is 3. The first-order valence-electron chi connectivity index (χ1n) is 6.57. The Morgan fingerprint density at radius 3 is 2.37 bits per heavy atom. The topological polar surface area (TPSA) is 55.2 Å². The molecule has 0 radical (unpaired) electrons. The highest BCUT2D eigenvalue weighted by Gasteiger charge is 2.47. The van der Waals surface area contributed by atoms with E-state index in [1.807, 2.05) is 14.0 Å². The maximum Gasteiger partial charge on any atom is 0.262 e. The molecule has 2 unspecified atom stereocenters. The van der Waals surface area contributed by atoms with Crippen LogP contribution in [0.5, 0.6) is 0 Å². The Labute approximate surface area is 122 Å². The lowest BCUT2D eigenvalue weighted by Crippen LogP contribution is -2.46. The molecule has 0 N–H and O–H groups in total. The molecule has 5 nitrogen and oxygen atoms in total. The number of imidazole rings is 1. The van der Waals surface area contributed by atoms with Crippen LogP contribution in [0.4, 0.5) is 0 Å². The maximum absolute atomic E-state index is 12.8. The highest BCUT2D eigenvalue weighted by Crippen LogP contribution is 2.41. The van der Waals surface area contributed by atoms with Crippen LogP contribution in [-0.2, 0) is 17.1 Å². The minimum atomic E-state index is -3.44. The van der Waals surface area contributed by atoms with Crippen LogP contribution < -0.4 is 0 Å². The molecule has 0 amide bonds. The molecule has 0 aromatic carbocycles. The van der Waals surface area contributed by atoms with Gasteiger partial charge in [-0.3, -0.25) is 0 Å². The second kappa shape index (κ2) is 4.56. The standard InChI is InChI=1S/C12H18BrN3O2S/c1-8-14-12(7-15(8)2)19(17,18)16-10-3-4-11(16)6-9(13)5-10/h7,9-11H,3-6H2,1-2H3. The van der Waals surface area contributed by atoms with Crippen LogP contribution in [0.3, 0.4) is 0 Å². The number of aromatic nitrogens is 2. The first-order chi connectivity index (χ1) is 8.89. The molecule has 2 atom stereocenters. The second-order valence-corrected chi connectivity index (χ2v) is 8.61. The van der Waals surface area contributed by atoms with Crippen molar-refractivity contribution in [3.63, 3.8) is 0 Å². The third-order valence-electron chi connectivity index (χ3n) is 4.24. The summed E-state index contributed by atoms with van der Waals surface area (Å²) in [6.45, 7) is 1.82. The van der Waals surface area contributed by atoms with Gasteiger partial charge in [-0.25, -0.2) is 13.4 Å². The lowest BCUT2D eigenvalue weighted by Gasteiger charge is -2.35. The molecule has 2 bridgehead atoms. The summed E-state index contributed by atoms with van der Waals surface area (Å²) in [6, 6.07) is 0.269. The second-order valence-electron chi connectivity index (χ2n) is 5.53. The van der Waals surface area contributed by atoms with Gasteiger partial charge >= 0.3 is 0 Å². The lowest BCUT2D eigenvalue weighted by molar-refractivity contribution is 0.254. The van der Waals surface area contributed by atoms with E-state index in [-0.39, 0.29) is 17.1 Å². The van der Waals surface area contributed by atoms with Crippen LogP contribution in [-0.4, -0.2) is 39.2 Å². The Bertz CT molecular complexity index is 565. The largest absolute Gasteiger partial charge is 0.337 e. The minimum absolute atomic E-state index is 0.135. The van der Waals surface area contributed by atoms with Crippen molar-refractivity contribution >= 4 is 26.0 Å². The van der Waals surface area contributed by atoms with Crippen molar-refractivity contribution in [3.05, 3.63) is 12.0 Å². The van der Waals surface area contributed by atoms with E-state index in [0.29, 0.717) is 4.83 Å². The van der Waals surface area contributed by atoms with Crippen LogP contribution in [0.25, 0.3) is 0 Å². The van der Waals surface area contributed by atoms with Gasteiger partial charge in [-0.15, -0.1) is 0 Å². The van der Waals surface area contributed by atoms with Crippen molar-refractivity contribution in [2.45, 2.75) is 54.5 Å². The van der Waals surface area contributed by atoms with E-state index in [0.717, 1.165) is 31.5 Å². The summed E-state index contributed by atoms with van der Waals surface area (Å²) in [7, 11) is -1.62. The molecule has 1 aromatic rings. The van der Waals surface area contributed by atoms with Crippen molar-refractivity contribution in [3.8, 4) is 0 Å². The Balaban J connectivity index is 1.97. The monoisotopic (exact) mass is 347 g/mol. The molecular weight excluding hydrogens is 330 g/mol. The molecule has 2 saturated heterocycles. The molecule has 106 valence electrons. The average Bonchev–Trinajstić information content (AvgIpc) is 2.80. The summed E-state index contributed by atoms with van der Waals surface area (Å²) >= 11 is 3.63. The summed E-state index contributed by atoms with van der Waals surface area (Å²) in [6.07, 6.45) is 5.36. The maximum atomic E-state index is 12.8. The van der Waals surface area contributed by atoms with Gasteiger partial charge in [0, 0.05) is 30.2 Å². The Morgan fingerprint density at radius 1 is 1.32 bits per heavy atom. The van der Waals surface area contributed by atoms with Gasteiger partial charge in [0.05, 0.1) is 0 Å². The normalized spacial score (nSPS) is 31.8. The first-order valence-corrected chi connectivity index (χ1v) is 8.92.